The summed E-state index contributed by atoms with van der Waals surface area (Å²) in [6.07, 6.45) is -1.91. The first kappa shape index (κ1) is 25.6. The molecule has 2 N–H and O–H groups in total. The highest BCUT2D eigenvalue weighted by atomic mass is 35.5. The van der Waals surface area contributed by atoms with Crippen LogP contribution in [0.3, 0.4) is 0 Å². The Labute approximate surface area is 202 Å². The molecule has 0 unspecified atom stereocenters. The highest BCUT2D eigenvalue weighted by Crippen LogP contribution is 2.46. The number of hydrogen-bond acceptors (Lipinski definition) is 8. The number of nitrogens with one attached hydrogen (secondary N) is 1. The van der Waals surface area contributed by atoms with Crippen LogP contribution in [0.25, 0.3) is 0 Å². The number of rotatable bonds is 10. The van der Waals surface area contributed by atoms with Gasteiger partial charge in [-0.2, -0.15) is 0 Å². The summed E-state index contributed by atoms with van der Waals surface area (Å²) >= 11 is 6.40. The van der Waals surface area contributed by atoms with Crippen molar-refractivity contribution in [1.29, 1.82) is 0 Å². The number of fused-ring (bicyclic) bond motifs is 1. The molecule has 0 saturated heterocycles. The van der Waals surface area contributed by atoms with E-state index >= 15 is 0 Å². The number of esters is 1. The molecule has 9 nitrogen and oxygen atoms in total. The number of carbonyl (C=O) groups excluding carboxylic acids is 2. The summed E-state index contributed by atoms with van der Waals surface area (Å²) in [4.78, 5) is 25.3. The molecule has 2 aromatic rings. The van der Waals surface area contributed by atoms with E-state index in [9.17, 15) is 9.59 Å². The maximum absolute atomic E-state index is 13.1. The van der Waals surface area contributed by atoms with Crippen LogP contribution < -0.4 is 19.5 Å². The largest absolute Gasteiger partial charge is 0.493 e. The van der Waals surface area contributed by atoms with E-state index in [1.54, 1.807) is 37.3 Å². The minimum Gasteiger partial charge on any atom is -0.493 e. The Morgan fingerprint density at radius 3 is 2.65 bits per heavy atom. The highest BCUT2D eigenvalue weighted by molar-refractivity contribution is 6.31. The summed E-state index contributed by atoms with van der Waals surface area (Å²) in [6.45, 7) is 2.02. The second-order valence-electron chi connectivity index (χ2n) is 7.38. The lowest BCUT2D eigenvalue weighted by Crippen LogP contribution is -2.32. The number of carbonyl (C=O) groups is 2. The first-order valence-corrected chi connectivity index (χ1v) is 11.2. The van der Waals surface area contributed by atoms with Crippen LogP contribution in [0.4, 0.5) is 5.69 Å². The van der Waals surface area contributed by atoms with E-state index < -0.39 is 24.1 Å². The molecule has 1 amide bonds. The van der Waals surface area contributed by atoms with Crippen LogP contribution in [0.15, 0.2) is 30.3 Å². The average molecular weight is 494 g/mol. The lowest BCUT2D eigenvalue weighted by atomic mass is 9.98. The second-order valence-corrected chi connectivity index (χ2v) is 7.82. The molecule has 0 bridgehead atoms. The Kier molecular flexibility index (Phi) is 8.98. The van der Waals surface area contributed by atoms with E-state index in [-0.39, 0.29) is 26.2 Å². The minimum absolute atomic E-state index is 0.0521. The minimum atomic E-state index is -1.16. The Balaban J connectivity index is 2.15. The van der Waals surface area contributed by atoms with Crippen molar-refractivity contribution >= 4 is 29.2 Å². The highest BCUT2D eigenvalue weighted by Gasteiger charge is 2.37. The van der Waals surface area contributed by atoms with Gasteiger partial charge in [-0.1, -0.05) is 23.7 Å². The van der Waals surface area contributed by atoms with Gasteiger partial charge in [0.15, 0.2) is 11.5 Å². The van der Waals surface area contributed by atoms with Crippen LogP contribution in [-0.4, -0.2) is 57.1 Å². The number of halogens is 1. The predicted octanol–water partition coefficient (Wildman–Crippen LogP) is 3.50. The van der Waals surface area contributed by atoms with E-state index in [0.29, 0.717) is 45.5 Å². The Morgan fingerprint density at radius 1 is 1.18 bits per heavy atom. The number of aliphatic hydroxyl groups is 1. The maximum Gasteiger partial charge on any atom is 0.308 e. The zero-order chi connectivity index (χ0) is 24.7. The van der Waals surface area contributed by atoms with Crippen LogP contribution in [0, 0.1) is 0 Å². The first-order valence-electron chi connectivity index (χ1n) is 10.8. The van der Waals surface area contributed by atoms with Crippen molar-refractivity contribution in [1.82, 2.24) is 0 Å². The van der Waals surface area contributed by atoms with Crippen molar-refractivity contribution in [2.45, 2.75) is 32.0 Å². The molecular weight excluding hydrogens is 466 g/mol. The number of methoxy groups -OCH3 is 2. The SMILES string of the molecule is CCOC(=O)C[C@@H]1O[C@@H](c2cccc(OC)c2OC)c2cc(Cl)cc(OCCCO)c2NC1=O. The summed E-state index contributed by atoms with van der Waals surface area (Å²) in [5.41, 5.74) is 1.43. The van der Waals surface area contributed by atoms with E-state index in [1.807, 2.05) is 0 Å². The van der Waals surface area contributed by atoms with Crippen LogP contribution in [0.5, 0.6) is 17.2 Å². The van der Waals surface area contributed by atoms with Crippen LogP contribution in [0.1, 0.15) is 37.0 Å². The number of para-hydroxylation sites is 1. The monoisotopic (exact) mass is 493 g/mol. The predicted molar refractivity (Wildman–Crippen MR) is 125 cm³/mol. The number of benzene rings is 2. The van der Waals surface area contributed by atoms with Crippen molar-refractivity contribution < 1.29 is 38.4 Å². The molecule has 1 aliphatic rings. The molecule has 34 heavy (non-hydrogen) atoms. The molecule has 0 spiro atoms. The summed E-state index contributed by atoms with van der Waals surface area (Å²) in [5.74, 6) is 0.0944. The molecule has 2 aromatic carbocycles. The lowest BCUT2D eigenvalue weighted by Gasteiger charge is -2.24. The molecule has 0 radical (unpaired) electrons. The summed E-state index contributed by atoms with van der Waals surface area (Å²) in [5, 5.41) is 12.3. The smallest absolute Gasteiger partial charge is 0.308 e. The fourth-order valence-corrected chi connectivity index (χ4v) is 3.89. The summed E-state index contributed by atoms with van der Waals surface area (Å²) in [6, 6.07) is 8.51. The fraction of sp³-hybridized carbons (Fsp3) is 0.417. The summed E-state index contributed by atoms with van der Waals surface area (Å²) < 4.78 is 28.1. The molecule has 0 aliphatic carbocycles. The van der Waals surface area contributed by atoms with Gasteiger partial charge in [0, 0.05) is 35.2 Å². The van der Waals surface area contributed by atoms with Gasteiger partial charge in [0.2, 0.25) is 0 Å². The molecule has 0 saturated carbocycles. The van der Waals surface area contributed by atoms with Crippen molar-refractivity contribution in [3.05, 3.63) is 46.5 Å². The van der Waals surface area contributed by atoms with Gasteiger partial charge < -0.3 is 34.1 Å². The molecule has 184 valence electrons. The van der Waals surface area contributed by atoms with Crippen LogP contribution in [-0.2, 0) is 19.1 Å². The third-order valence-corrected chi connectivity index (χ3v) is 5.37. The molecular formula is C24H28ClNO8. The second kappa shape index (κ2) is 11.9. The number of ether oxygens (including phenoxy) is 5. The van der Waals surface area contributed by atoms with Gasteiger partial charge >= 0.3 is 5.97 Å². The molecule has 1 heterocycles. The van der Waals surface area contributed by atoms with Gasteiger partial charge in [0.05, 0.1) is 39.5 Å². The van der Waals surface area contributed by atoms with Crippen molar-refractivity contribution in [2.24, 2.45) is 0 Å². The number of anilines is 1. The first-order chi connectivity index (χ1) is 16.4. The van der Waals surface area contributed by atoms with Gasteiger partial charge in [0.25, 0.3) is 5.91 Å². The topological polar surface area (TPSA) is 113 Å². The maximum atomic E-state index is 13.1. The molecule has 0 aromatic heterocycles. The van der Waals surface area contributed by atoms with Gasteiger partial charge in [-0.3, -0.25) is 9.59 Å². The third-order valence-electron chi connectivity index (χ3n) is 5.15. The molecule has 2 atom stereocenters. The van der Waals surface area contributed by atoms with E-state index in [2.05, 4.69) is 5.32 Å². The fourth-order valence-electron chi connectivity index (χ4n) is 3.68. The molecule has 10 heteroatoms. The van der Waals surface area contributed by atoms with Crippen LogP contribution >= 0.6 is 11.6 Å². The quantitative estimate of drug-likeness (QED) is 0.382. The van der Waals surface area contributed by atoms with E-state index in [1.165, 1.54) is 14.2 Å². The Bertz CT molecular complexity index is 1030. The van der Waals surface area contributed by atoms with Crippen molar-refractivity contribution in [3.8, 4) is 17.2 Å². The molecule has 1 aliphatic heterocycles. The zero-order valence-corrected chi connectivity index (χ0v) is 20.0. The van der Waals surface area contributed by atoms with Crippen LogP contribution in [0.2, 0.25) is 5.02 Å². The Morgan fingerprint density at radius 2 is 1.97 bits per heavy atom. The molecule has 0 fully saturated rings. The number of hydrogen-bond donors (Lipinski definition) is 2. The third kappa shape index (κ3) is 5.72. The molecule has 3 rings (SSSR count). The number of amides is 1. The van der Waals surface area contributed by atoms with Gasteiger partial charge in [-0.15, -0.1) is 0 Å². The average Bonchev–Trinajstić information content (AvgIpc) is 2.95. The lowest BCUT2D eigenvalue weighted by molar-refractivity contribution is -0.150. The number of aliphatic hydroxyl groups excluding tert-OH is 1. The van der Waals surface area contributed by atoms with E-state index in [4.69, 9.17) is 40.4 Å². The van der Waals surface area contributed by atoms with Gasteiger partial charge in [-0.25, -0.2) is 0 Å². The Hall–Kier alpha value is -3.01. The van der Waals surface area contributed by atoms with Crippen molar-refractivity contribution in [2.75, 3.05) is 39.4 Å². The van der Waals surface area contributed by atoms with Gasteiger partial charge in [0.1, 0.15) is 18.0 Å². The van der Waals surface area contributed by atoms with Gasteiger partial charge in [-0.05, 0) is 19.1 Å². The normalized spacial score (nSPS) is 17.3. The standard InChI is InChI=1S/C24H28ClNO8/c1-4-32-20(28)13-19-24(29)26-21-16(11-14(25)12-18(21)33-10-6-9-27)22(34-19)15-7-5-8-17(30-2)23(15)31-3/h5,7-8,11-12,19,22,27H,4,6,9-10,13H2,1-3H3,(H,26,29)/t19-,22-/m0/s1. The van der Waals surface area contributed by atoms with E-state index in [0.717, 1.165) is 0 Å². The van der Waals surface area contributed by atoms with Crippen molar-refractivity contribution in [3.63, 3.8) is 0 Å². The summed E-state index contributed by atoms with van der Waals surface area (Å²) in [7, 11) is 3.02. The zero-order valence-electron chi connectivity index (χ0n) is 19.3.